The van der Waals surface area contributed by atoms with E-state index in [0.29, 0.717) is 11.8 Å². The lowest BCUT2D eigenvalue weighted by Gasteiger charge is -2.36. The van der Waals surface area contributed by atoms with Crippen molar-refractivity contribution in [2.24, 2.45) is 0 Å². The number of anilines is 6. The molecule has 0 aliphatic heterocycles. The van der Waals surface area contributed by atoms with E-state index in [9.17, 15) is 0 Å². The van der Waals surface area contributed by atoms with Gasteiger partial charge in [-0.15, -0.1) is 0 Å². The lowest BCUT2D eigenvalue weighted by atomic mass is 9.67. The summed E-state index contributed by atoms with van der Waals surface area (Å²) in [5, 5.41) is 14.7. The molecule has 6 heteroatoms. The zero-order chi connectivity index (χ0) is 58.3. The minimum Gasteiger partial charge on any atom is -0.436 e. The van der Waals surface area contributed by atoms with Crippen LogP contribution in [0.2, 0.25) is 0 Å². The molecule has 19 rings (SSSR count). The Morgan fingerprint density at radius 3 is 1.06 bits per heavy atom. The zero-order valence-corrected chi connectivity index (χ0v) is 48.0. The maximum Gasteiger partial charge on any atom is 0.227 e. The first-order valence-corrected chi connectivity index (χ1v) is 30.3. The minimum absolute atomic E-state index is 0.590. The first-order valence-electron chi connectivity index (χ1n) is 30.3. The molecule has 0 fully saturated rings. The third-order valence-corrected chi connectivity index (χ3v) is 18.9. The van der Waals surface area contributed by atoms with Crippen molar-refractivity contribution in [2.45, 2.75) is 5.41 Å². The van der Waals surface area contributed by atoms with Gasteiger partial charge in [-0.1, -0.05) is 194 Å². The maximum absolute atomic E-state index is 6.35. The van der Waals surface area contributed by atoms with E-state index >= 15 is 0 Å². The van der Waals surface area contributed by atoms with Crippen LogP contribution in [0.5, 0.6) is 0 Å². The van der Waals surface area contributed by atoms with Crippen LogP contribution in [0, 0.1) is 0 Å². The van der Waals surface area contributed by atoms with Crippen molar-refractivity contribution in [2.75, 3.05) is 9.80 Å². The summed E-state index contributed by atoms with van der Waals surface area (Å²) in [5.41, 5.74) is 17.6. The second kappa shape index (κ2) is 19.1. The van der Waals surface area contributed by atoms with Crippen LogP contribution in [0.15, 0.2) is 312 Å². The molecule has 16 aromatic carbocycles. The number of rotatable bonds is 10. The van der Waals surface area contributed by atoms with E-state index in [2.05, 4.69) is 265 Å². The Labute approximate surface area is 511 Å². The first kappa shape index (κ1) is 49.4. The Balaban J connectivity index is 0.839. The number of fused-ring (bicyclic) bond motifs is 5. The third kappa shape index (κ3) is 7.38. The van der Waals surface area contributed by atoms with Crippen LogP contribution in [0.1, 0.15) is 22.3 Å². The average Bonchev–Trinajstić information content (AvgIpc) is 1.61. The molecular formula is C83H50N4O2. The number of para-hydroxylation sites is 4. The van der Waals surface area contributed by atoms with Gasteiger partial charge in [-0.05, 0) is 196 Å². The van der Waals surface area contributed by atoms with E-state index in [-0.39, 0.29) is 0 Å². The monoisotopic (exact) mass is 1130 g/mol. The first-order chi connectivity index (χ1) is 44.1. The standard InChI is InChI=1S/C83H50N4O2/c1-3-17-59(18-4-1)83(60-19-5-2-6-20-60)69-49-63(86(61-37-29-57(30-38-61)81-84-71-21-7-9-23-75(71)88-81)73-47-35-55-27-25-51-13-11-15-53-33-43-67(73)79(55)77(51)53)41-45-65(69)66-46-42-64(50-70(66)83)87(62-39-31-58(32-40-62)82-85-72-22-8-10-24-76(72)89-82)74-48-36-56-28-26-52-14-12-16-54-34-44-68(74)80(56)78(52)54/h1-50H. The predicted octanol–water partition coefficient (Wildman–Crippen LogP) is 22.4. The SMILES string of the molecule is c1ccc(C2(c3ccccc3)c3cc(N(c4ccc(-c5nc6ccccc6o5)cc4)c4ccc5ccc6cccc7ccc4c5c67)ccc3-c3ccc(N(c4ccc(-c5nc6ccccc6o5)cc4)c4ccc5ccc6cccc7ccc4c5c67)cc32)cc1. The predicted molar refractivity (Wildman–Crippen MR) is 367 cm³/mol. The topological polar surface area (TPSA) is 58.5 Å². The fourth-order valence-corrected chi connectivity index (χ4v) is 14.9. The van der Waals surface area contributed by atoms with Gasteiger partial charge in [0.1, 0.15) is 11.0 Å². The molecule has 0 radical (unpaired) electrons. The van der Waals surface area contributed by atoms with Gasteiger partial charge in [-0.3, -0.25) is 0 Å². The van der Waals surface area contributed by atoms with E-state index in [4.69, 9.17) is 18.8 Å². The Bertz CT molecular complexity index is 5350. The minimum atomic E-state index is -0.782. The third-order valence-electron chi connectivity index (χ3n) is 18.9. The summed E-state index contributed by atoms with van der Waals surface area (Å²) in [5.74, 6) is 1.18. The van der Waals surface area contributed by atoms with Crippen molar-refractivity contribution >= 4 is 121 Å². The van der Waals surface area contributed by atoms with E-state index in [1.54, 1.807) is 0 Å². The van der Waals surface area contributed by atoms with Crippen molar-refractivity contribution in [3.05, 3.63) is 326 Å². The van der Waals surface area contributed by atoms with Crippen molar-refractivity contribution in [1.82, 2.24) is 9.97 Å². The van der Waals surface area contributed by atoms with Gasteiger partial charge in [0.15, 0.2) is 11.2 Å². The summed E-state index contributed by atoms with van der Waals surface area (Å²) in [6, 6.07) is 111. The second-order valence-corrected chi connectivity index (χ2v) is 23.6. The van der Waals surface area contributed by atoms with Crippen molar-refractivity contribution in [3.8, 4) is 34.0 Å². The molecule has 0 spiro atoms. The van der Waals surface area contributed by atoms with Crippen LogP contribution in [-0.2, 0) is 5.41 Å². The molecule has 1 aliphatic rings. The number of hydrogen-bond acceptors (Lipinski definition) is 6. The van der Waals surface area contributed by atoms with Gasteiger partial charge in [-0.2, -0.15) is 0 Å². The van der Waals surface area contributed by atoms with Crippen molar-refractivity contribution in [3.63, 3.8) is 0 Å². The van der Waals surface area contributed by atoms with Gasteiger partial charge in [0, 0.05) is 44.6 Å². The largest absolute Gasteiger partial charge is 0.436 e. The highest BCUT2D eigenvalue weighted by atomic mass is 16.4. The fourth-order valence-electron chi connectivity index (χ4n) is 14.9. The Kier molecular flexibility index (Phi) is 10.6. The second-order valence-electron chi connectivity index (χ2n) is 23.6. The van der Waals surface area contributed by atoms with Gasteiger partial charge in [0.2, 0.25) is 11.8 Å². The molecule has 0 bridgehead atoms. The van der Waals surface area contributed by atoms with Crippen LogP contribution in [0.3, 0.4) is 0 Å². The summed E-state index contributed by atoms with van der Waals surface area (Å²) in [6.07, 6.45) is 0. The highest BCUT2D eigenvalue weighted by Crippen LogP contribution is 2.59. The van der Waals surface area contributed by atoms with Gasteiger partial charge >= 0.3 is 0 Å². The molecule has 2 aromatic heterocycles. The number of benzene rings is 16. The molecular weight excluding hydrogens is 1080 g/mol. The molecule has 0 saturated heterocycles. The molecule has 0 atom stereocenters. The number of nitrogens with zero attached hydrogens (tertiary/aromatic N) is 4. The summed E-state index contributed by atoms with van der Waals surface area (Å²) >= 11 is 0. The Morgan fingerprint density at radius 2 is 0.640 bits per heavy atom. The summed E-state index contributed by atoms with van der Waals surface area (Å²) in [6.45, 7) is 0. The zero-order valence-electron chi connectivity index (χ0n) is 48.0. The van der Waals surface area contributed by atoms with Crippen LogP contribution in [0.25, 0.3) is 121 Å². The summed E-state index contributed by atoms with van der Waals surface area (Å²) in [7, 11) is 0. The highest BCUT2D eigenvalue weighted by Gasteiger charge is 2.47. The van der Waals surface area contributed by atoms with Gasteiger partial charge in [-0.25, -0.2) is 9.97 Å². The normalized spacial score (nSPS) is 12.8. The fraction of sp³-hybridized carbons (Fsp3) is 0.0120. The van der Waals surface area contributed by atoms with Gasteiger partial charge < -0.3 is 18.6 Å². The highest BCUT2D eigenvalue weighted by molar-refractivity contribution is 6.27. The molecule has 1 aliphatic carbocycles. The Hall–Kier alpha value is -11.9. The van der Waals surface area contributed by atoms with E-state index in [0.717, 1.165) is 67.5 Å². The molecule has 89 heavy (non-hydrogen) atoms. The molecule has 2 heterocycles. The summed E-state index contributed by atoms with van der Waals surface area (Å²) in [4.78, 5) is 14.7. The lowest BCUT2D eigenvalue weighted by molar-refractivity contribution is 0.619. The van der Waals surface area contributed by atoms with Crippen LogP contribution in [-0.4, -0.2) is 9.97 Å². The molecule has 0 amide bonds. The van der Waals surface area contributed by atoms with Gasteiger partial charge in [0.25, 0.3) is 0 Å². The van der Waals surface area contributed by atoms with E-state index in [1.165, 1.54) is 98.0 Å². The van der Waals surface area contributed by atoms with Crippen LogP contribution >= 0.6 is 0 Å². The maximum atomic E-state index is 6.35. The number of hydrogen-bond donors (Lipinski definition) is 0. The molecule has 0 N–H and O–H groups in total. The molecule has 0 unspecified atom stereocenters. The van der Waals surface area contributed by atoms with Crippen molar-refractivity contribution in [1.29, 1.82) is 0 Å². The Morgan fingerprint density at radius 1 is 0.281 bits per heavy atom. The molecule has 18 aromatic rings. The lowest BCUT2D eigenvalue weighted by Crippen LogP contribution is -2.29. The number of aromatic nitrogens is 2. The van der Waals surface area contributed by atoms with E-state index in [1.807, 2.05) is 48.5 Å². The quantitative estimate of drug-likeness (QED) is 0.127. The average molecular weight is 1140 g/mol. The van der Waals surface area contributed by atoms with Crippen LogP contribution < -0.4 is 9.80 Å². The van der Waals surface area contributed by atoms with Crippen molar-refractivity contribution < 1.29 is 8.83 Å². The van der Waals surface area contributed by atoms with E-state index < -0.39 is 5.41 Å². The smallest absolute Gasteiger partial charge is 0.227 e. The molecule has 414 valence electrons. The molecule has 6 nitrogen and oxygen atoms in total. The number of oxazole rings is 2. The van der Waals surface area contributed by atoms with Gasteiger partial charge in [0.05, 0.1) is 16.8 Å². The molecule has 0 saturated carbocycles. The summed E-state index contributed by atoms with van der Waals surface area (Å²) < 4.78 is 12.7. The van der Waals surface area contributed by atoms with Crippen LogP contribution in [0.4, 0.5) is 34.1 Å².